The Morgan fingerprint density at radius 1 is 1.52 bits per heavy atom. The van der Waals surface area contributed by atoms with Crippen LogP contribution in [0.15, 0.2) is 15.8 Å². The third-order valence-electron chi connectivity index (χ3n) is 3.76. The SMILES string of the molecule is COC1CC(n2cc(C#CCNC(=O)C(F)(F)F)c(=O)[nH]c2=O)OC1CO. The van der Waals surface area contributed by atoms with E-state index in [0.717, 1.165) is 10.8 Å². The number of carbonyl (C=O) groups excluding carboxylic acids is 1. The van der Waals surface area contributed by atoms with Crippen molar-refractivity contribution in [1.82, 2.24) is 14.9 Å². The number of amides is 1. The van der Waals surface area contributed by atoms with Gasteiger partial charge in [0.2, 0.25) is 0 Å². The lowest BCUT2D eigenvalue weighted by atomic mass is 10.2. The van der Waals surface area contributed by atoms with Crippen LogP contribution in [-0.2, 0) is 14.3 Å². The number of rotatable bonds is 4. The maximum atomic E-state index is 12.1. The van der Waals surface area contributed by atoms with Crippen molar-refractivity contribution < 1.29 is 32.5 Å². The van der Waals surface area contributed by atoms with Gasteiger partial charge < -0.3 is 19.9 Å². The van der Waals surface area contributed by atoms with E-state index in [2.05, 4.69) is 11.8 Å². The predicted molar refractivity (Wildman–Crippen MR) is 83.7 cm³/mol. The van der Waals surface area contributed by atoms with Crippen molar-refractivity contribution in [3.63, 3.8) is 0 Å². The van der Waals surface area contributed by atoms with Crippen molar-refractivity contribution in [1.29, 1.82) is 0 Å². The number of aromatic nitrogens is 2. The summed E-state index contributed by atoms with van der Waals surface area (Å²) in [5, 5.41) is 10.8. The van der Waals surface area contributed by atoms with Crippen LogP contribution in [0, 0.1) is 11.8 Å². The maximum Gasteiger partial charge on any atom is 0.471 e. The molecule has 1 fully saturated rings. The van der Waals surface area contributed by atoms with Crippen molar-refractivity contribution >= 4 is 5.91 Å². The van der Waals surface area contributed by atoms with Crippen molar-refractivity contribution in [2.75, 3.05) is 20.3 Å². The van der Waals surface area contributed by atoms with E-state index in [1.807, 2.05) is 4.98 Å². The molecule has 1 amide bonds. The molecule has 9 nitrogen and oxygen atoms in total. The van der Waals surface area contributed by atoms with Gasteiger partial charge in [-0.15, -0.1) is 0 Å². The van der Waals surface area contributed by atoms with Gasteiger partial charge in [0.25, 0.3) is 5.56 Å². The van der Waals surface area contributed by atoms with E-state index in [1.165, 1.54) is 12.4 Å². The summed E-state index contributed by atoms with van der Waals surface area (Å²) in [6.45, 7) is -0.978. The fraction of sp³-hybridized carbons (Fsp3) is 0.533. The number of nitrogens with one attached hydrogen (secondary N) is 2. The van der Waals surface area contributed by atoms with E-state index in [0.29, 0.717) is 0 Å². The average molecular weight is 391 g/mol. The predicted octanol–water partition coefficient (Wildman–Crippen LogP) is -1.14. The van der Waals surface area contributed by atoms with Gasteiger partial charge in [-0.1, -0.05) is 11.8 Å². The molecule has 1 aromatic rings. The molecule has 27 heavy (non-hydrogen) atoms. The van der Waals surface area contributed by atoms with Crippen LogP contribution in [0.4, 0.5) is 13.2 Å². The number of ether oxygens (including phenoxy) is 2. The Kier molecular flexibility index (Phi) is 6.42. The van der Waals surface area contributed by atoms with E-state index in [-0.39, 0.29) is 18.6 Å². The number of hydrogen-bond acceptors (Lipinski definition) is 6. The van der Waals surface area contributed by atoms with Gasteiger partial charge >= 0.3 is 17.8 Å². The molecule has 0 aromatic carbocycles. The summed E-state index contributed by atoms with van der Waals surface area (Å²) >= 11 is 0. The molecule has 1 aliphatic rings. The normalized spacial score (nSPS) is 22.2. The van der Waals surface area contributed by atoms with Crippen molar-refractivity contribution in [3.8, 4) is 11.8 Å². The van der Waals surface area contributed by atoms with Crippen LogP contribution >= 0.6 is 0 Å². The third kappa shape index (κ3) is 4.97. The number of nitrogens with zero attached hydrogens (tertiary/aromatic N) is 1. The summed E-state index contributed by atoms with van der Waals surface area (Å²) in [4.78, 5) is 36.5. The third-order valence-corrected chi connectivity index (χ3v) is 3.76. The Bertz CT molecular complexity index is 855. The minimum Gasteiger partial charge on any atom is -0.394 e. The second-order valence-electron chi connectivity index (χ2n) is 5.51. The molecule has 2 heterocycles. The number of hydrogen-bond donors (Lipinski definition) is 3. The number of H-pyrrole nitrogens is 1. The molecule has 148 valence electrons. The van der Waals surface area contributed by atoms with Crippen LogP contribution < -0.4 is 16.6 Å². The van der Waals surface area contributed by atoms with Gasteiger partial charge in [-0.3, -0.25) is 19.1 Å². The molecule has 2 rings (SSSR count). The highest BCUT2D eigenvalue weighted by molar-refractivity contribution is 5.81. The van der Waals surface area contributed by atoms with Gasteiger partial charge in [-0.05, 0) is 0 Å². The summed E-state index contributed by atoms with van der Waals surface area (Å²) in [7, 11) is 1.42. The fourth-order valence-corrected chi connectivity index (χ4v) is 2.44. The van der Waals surface area contributed by atoms with Crippen LogP contribution in [-0.4, -0.2) is 59.2 Å². The lowest BCUT2D eigenvalue weighted by Gasteiger charge is -2.14. The zero-order valence-corrected chi connectivity index (χ0v) is 14.0. The Morgan fingerprint density at radius 2 is 2.22 bits per heavy atom. The van der Waals surface area contributed by atoms with E-state index < -0.39 is 48.3 Å². The van der Waals surface area contributed by atoms with Crippen LogP contribution in [0.2, 0.25) is 0 Å². The Hall–Kier alpha value is -2.62. The molecular weight excluding hydrogens is 375 g/mol. The van der Waals surface area contributed by atoms with Gasteiger partial charge in [0.05, 0.1) is 19.3 Å². The molecule has 0 spiro atoms. The number of methoxy groups -OCH3 is 1. The summed E-state index contributed by atoms with van der Waals surface area (Å²) in [6, 6.07) is 0. The zero-order chi connectivity index (χ0) is 20.2. The molecule has 0 bridgehead atoms. The molecule has 3 unspecified atom stereocenters. The smallest absolute Gasteiger partial charge is 0.394 e. The first-order valence-electron chi connectivity index (χ1n) is 7.65. The summed E-state index contributed by atoms with van der Waals surface area (Å²) < 4.78 is 47.9. The highest BCUT2D eigenvalue weighted by Gasteiger charge is 2.38. The molecule has 0 saturated carbocycles. The Labute approximate surface area is 150 Å². The maximum absolute atomic E-state index is 12.1. The topological polar surface area (TPSA) is 123 Å². The van der Waals surface area contributed by atoms with Crippen LogP contribution in [0.5, 0.6) is 0 Å². The molecular formula is C15H16F3N3O6. The largest absolute Gasteiger partial charge is 0.471 e. The van der Waals surface area contributed by atoms with Crippen LogP contribution in [0.1, 0.15) is 18.2 Å². The molecule has 3 atom stereocenters. The standard InChI is InChI=1S/C15H16F3N3O6/c1-26-9-5-11(27-10(9)7-22)21-6-8(12(23)20-14(21)25)3-2-4-19-13(24)15(16,17)18/h6,9-11,22H,4-5,7H2,1H3,(H,19,24)(H,20,23,25). The lowest BCUT2D eigenvalue weighted by molar-refractivity contribution is -0.173. The number of aliphatic hydroxyl groups excluding tert-OH is 1. The average Bonchev–Trinajstić information content (AvgIpc) is 3.02. The molecule has 0 aliphatic carbocycles. The van der Waals surface area contributed by atoms with Crippen LogP contribution in [0.3, 0.4) is 0 Å². The minimum absolute atomic E-state index is 0.208. The van der Waals surface area contributed by atoms with E-state index in [1.54, 1.807) is 0 Å². The molecule has 3 N–H and O–H groups in total. The first-order valence-corrected chi connectivity index (χ1v) is 7.65. The molecule has 1 aliphatic heterocycles. The van der Waals surface area contributed by atoms with Crippen molar-refractivity contribution in [3.05, 3.63) is 32.6 Å². The van der Waals surface area contributed by atoms with Gasteiger partial charge in [0, 0.05) is 19.7 Å². The Balaban J connectivity index is 2.18. The summed E-state index contributed by atoms with van der Waals surface area (Å²) in [5.41, 5.74) is -1.83. The number of aliphatic hydroxyl groups is 1. The van der Waals surface area contributed by atoms with Crippen molar-refractivity contribution in [2.45, 2.75) is 31.0 Å². The Morgan fingerprint density at radius 3 is 2.78 bits per heavy atom. The first-order chi connectivity index (χ1) is 12.7. The summed E-state index contributed by atoms with van der Waals surface area (Å²) in [6.07, 6.45) is -5.68. The van der Waals surface area contributed by atoms with E-state index in [4.69, 9.17) is 9.47 Å². The summed E-state index contributed by atoms with van der Waals surface area (Å²) in [5.74, 6) is 2.33. The van der Waals surface area contributed by atoms with Gasteiger partial charge in [-0.25, -0.2) is 4.79 Å². The van der Waals surface area contributed by atoms with Gasteiger partial charge in [0.1, 0.15) is 17.9 Å². The second kappa shape index (κ2) is 8.38. The number of alkyl halides is 3. The molecule has 12 heteroatoms. The molecule has 1 aromatic heterocycles. The number of aromatic amines is 1. The van der Waals surface area contributed by atoms with Gasteiger partial charge in [-0.2, -0.15) is 13.2 Å². The fourth-order valence-electron chi connectivity index (χ4n) is 2.44. The highest BCUT2D eigenvalue weighted by Crippen LogP contribution is 2.29. The number of halogens is 3. The van der Waals surface area contributed by atoms with Crippen molar-refractivity contribution in [2.24, 2.45) is 0 Å². The van der Waals surface area contributed by atoms with Crippen LogP contribution in [0.25, 0.3) is 0 Å². The van der Waals surface area contributed by atoms with E-state index in [9.17, 15) is 32.7 Å². The van der Waals surface area contributed by atoms with Gasteiger partial charge in [0.15, 0.2) is 0 Å². The second-order valence-corrected chi connectivity index (χ2v) is 5.51. The molecule has 1 saturated heterocycles. The zero-order valence-electron chi connectivity index (χ0n) is 14.0. The first kappa shape index (κ1) is 20.7. The molecule has 0 radical (unpaired) electrons. The lowest BCUT2D eigenvalue weighted by Crippen LogP contribution is -2.37. The number of carbonyl (C=O) groups is 1. The minimum atomic E-state index is -5.03. The quantitative estimate of drug-likeness (QED) is 0.558. The van der Waals surface area contributed by atoms with E-state index >= 15 is 0 Å². The highest BCUT2D eigenvalue weighted by atomic mass is 19.4. The monoisotopic (exact) mass is 391 g/mol.